The molecule has 2 amide bonds. The second-order valence-electron chi connectivity index (χ2n) is 10.9. The standard InChI is InChI=1S/C32H37N5O2S/c1-35(2)27-17-15-26(16-18-27)33-30(39)32(19-9-10-20-32)37(21-24-11-5-3-6-12-24)29(38)23-36-22-28(34-31(36)40)25-13-7-4-8-14-25/h3-8,11-18,28H,9-10,19-23H2,1-2H3,(H,33,39)(H,34,40). The molecule has 1 unspecified atom stereocenters. The molecule has 0 aromatic heterocycles. The van der Waals surface area contributed by atoms with Gasteiger partial charge in [-0.1, -0.05) is 73.5 Å². The summed E-state index contributed by atoms with van der Waals surface area (Å²) < 4.78 is 0. The number of hydrogen-bond acceptors (Lipinski definition) is 4. The first-order chi connectivity index (χ1) is 19.4. The Balaban J connectivity index is 1.39. The minimum absolute atomic E-state index is 0.0259. The molecule has 1 saturated heterocycles. The molecule has 40 heavy (non-hydrogen) atoms. The van der Waals surface area contributed by atoms with Crippen LogP contribution in [0.4, 0.5) is 11.4 Å². The number of carbonyl (C=O) groups excluding carboxylic acids is 2. The van der Waals surface area contributed by atoms with E-state index in [0.29, 0.717) is 31.0 Å². The fourth-order valence-corrected chi connectivity index (χ4v) is 6.04. The normalized spacial score (nSPS) is 17.8. The van der Waals surface area contributed by atoms with Crippen molar-refractivity contribution < 1.29 is 9.59 Å². The van der Waals surface area contributed by atoms with Crippen molar-refractivity contribution in [2.24, 2.45) is 0 Å². The maximum Gasteiger partial charge on any atom is 0.250 e. The zero-order valence-electron chi connectivity index (χ0n) is 23.2. The number of amides is 2. The van der Waals surface area contributed by atoms with Crippen LogP contribution in [0.15, 0.2) is 84.9 Å². The second-order valence-corrected chi connectivity index (χ2v) is 11.3. The summed E-state index contributed by atoms with van der Waals surface area (Å²) >= 11 is 5.64. The summed E-state index contributed by atoms with van der Waals surface area (Å²) in [7, 11) is 3.97. The van der Waals surface area contributed by atoms with Crippen LogP contribution in [-0.2, 0) is 16.1 Å². The Morgan fingerprint density at radius 3 is 2.20 bits per heavy atom. The van der Waals surface area contributed by atoms with Crippen LogP contribution >= 0.6 is 12.2 Å². The monoisotopic (exact) mass is 555 g/mol. The van der Waals surface area contributed by atoms with Crippen LogP contribution in [0.25, 0.3) is 0 Å². The number of rotatable bonds is 9. The largest absolute Gasteiger partial charge is 0.378 e. The van der Waals surface area contributed by atoms with Gasteiger partial charge >= 0.3 is 0 Å². The van der Waals surface area contributed by atoms with Gasteiger partial charge in [-0.25, -0.2) is 0 Å². The summed E-state index contributed by atoms with van der Waals surface area (Å²) in [6, 6.07) is 27.9. The van der Waals surface area contributed by atoms with Crippen molar-refractivity contribution in [3.63, 3.8) is 0 Å². The zero-order chi connectivity index (χ0) is 28.1. The number of nitrogens with one attached hydrogen (secondary N) is 2. The molecule has 8 heteroatoms. The zero-order valence-corrected chi connectivity index (χ0v) is 24.0. The average molecular weight is 556 g/mol. The molecule has 1 aliphatic carbocycles. The van der Waals surface area contributed by atoms with Gasteiger partial charge in [-0.3, -0.25) is 9.59 Å². The molecule has 3 aromatic rings. The van der Waals surface area contributed by atoms with E-state index in [1.807, 2.05) is 102 Å². The van der Waals surface area contributed by atoms with Gasteiger partial charge in [0.25, 0.3) is 0 Å². The Hall–Kier alpha value is -3.91. The molecule has 1 aliphatic heterocycles. The minimum Gasteiger partial charge on any atom is -0.378 e. The summed E-state index contributed by atoms with van der Waals surface area (Å²) in [4.78, 5) is 34.0. The fraction of sp³-hybridized carbons (Fsp3) is 0.344. The summed E-state index contributed by atoms with van der Waals surface area (Å²) in [5.41, 5.74) is 2.98. The van der Waals surface area contributed by atoms with E-state index >= 15 is 0 Å². The van der Waals surface area contributed by atoms with Gasteiger partial charge in [0.05, 0.1) is 12.6 Å². The van der Waals surface area contributed by atoms with E-state index < -0.39 is 5.54 Å². The van der Waals surface area contributed by atoms with Gasteiger partial charge in [-0.15, -0.1) is 0 Å². The van der Waals surface area contributed by atoms with Gasteiger partial charge in [0.1, 0.15) is 5.54 Å². The van der Waals surface area contributed by atoms with E-state index in [2.05, 4.69) is 22.8 Å². The van der Waals surface area contributed by atoms with E-state index in [4.69, 9.17) is 12.2 Å². The topological polar surface area (TPSA) is 67.9 Å². The lowest BCUT2D eigenvalue weighted by molar-refractivity contribution is -0.146. The molecule has 2 aliphatic rings. The van der Waals surface area contributed by atoms with Gasteiger partial charge in [-0.2, -0.15) is 0 Å². The van der Waals surface area contributed by atoms with E-state index in [1.165, 1.54) is 0 Å². The second kappa shape index (κ2) is 12.1. The highest BCUT2D eigenvalue weighted by atomic mass is 32.1. The maximum atomic E-state index is 14.2. The first-order valence-corrected chi connectivity index (χ1v) is 14.3. The smallest absolute Gasteiger partial charge is 0.250 e. The number of anilines is 2. The van der Waals surface area contributed by atoms with Crippen LogP contribution in [0.5, 0.6) is 0 Å². The number of carbonyl (C=O) groups is 2. The number of benzene rings is 3. The van der Waals surface area contributed by atoms with Crippen molar-refractivity contribution in [1.82, 2.24) is 15.1 Å². The van der Waals surface area contributed by atoms with Gasteiger partial charge < -0.3 is 25.3 Å². The summed E-state index contributed by atoms with van der Waals surface area (Å²) in [5.74, 6) is -0.224. The van der Waals surface area contributed by atoms with Gasteiger partial charge in [0.2, 0.25) is 11.8 Å². The van der Waals surface area contributed by atoms with Crippen molar-refractivity contribution >= 4 is 40.5 Å². The minimum atomic E-state index is -0.930. The molecular formula is C32H37N5O2S. The lowest BCUT2D eigenvalue weighted by atomic mass is 9.92. The Kier molecular flexibility index (Phi) is 8.35. The van der Waals surface area contributed by atoms with E-state index in [9.17, 15) is 9.59 Å². The van der Waals surface area contributed by atoms with Crippen molar-refractivity contribution in [2.45, 2.75) is 43.8 Å². The molecule has 0 spiro atoms. The lowest BCUT2D eigenvalue weighted by Crippen LogP contribution is -2.59. The molecule has 0 radical (unpaired) electrons. The molecule has 1 atom stereocenters. The van der Waals surface area contributed by atoms with Crippen LogP contribution in [0.1, 0.15) is 42.9 Å². The van der Waals surface area contributed by atoms with E-state index in [1.54, 1.807) is 0 Å². The van der Waals surface area contributed by atoms with E-state index in [-0.39, 0.29) is 24.4 Å². The van der Waals surface area contributed by atoms with Crippen molar-refractivity contribution in [3.8, 4) is 0 Å². The third-order valence-corrected chi connectivity index (χ3v) is 8.39. The van der Waals surface area contributed by atoms with Crippen LogP contribution in [0, 0.1) is 0 Å². The van der Waals surface area contributed by atoms with Crippen molar-refractivity contribution in [1.29, 1.82) is 0 Å². The molecule has 2 N–H and O–H groups in total. The average Bonchev–Trinajstić information content (AvgIpc) is 3.61. The third-order valence-electron chi connectivity index (χ3n) is 8.01. The molecule has 2 fully saturated rings. The van der Waals surface area contributed by atoms with Crippen LogP contribution in [-0.4, -0.2) is 59.5 Å². The molecule has 3 aromatic carbocycles. The van der Waals surface area contributed by atoms with Crippen LogP contribution in [0.3, 0.4) is 0 Å². The van der Waals surface area contributed by atoms with Gasteiger partial charge in [0, 0.05) is 38.6 Å². The molecule has 208 valence electrons. The van der Waals surface area contributed by atoms with Gasteiger partial charge in [0.15, 0.2) is 5.11 Å². The lowest BCUT2D eigenvalue weighted by Gasteiger charge is -2.41. The Labute approximate surface area is 242 Å². The first kappa shape index (κ1) is 27.6. The highest BCUT2D eigenvalue weighted by Crippen LogP contribution is 2.38. The molecule has 1 saturated carbocycles. The Morgan fingerprint density at radius 1 is 0.950 bits per heavy atom. The number of hydrogen-bond donors (Lipinski definition) is 2. The van der Waals surface area contributed by atoms with E-state index in [0.717, 1.165) is 35.3 Å². The highest BCUT2D eigenvalue weighted by molar-refractivity contribution is 7.80. The van der Waals surface area contributed by atoms with Crippen molar-refractivity contribution in [2.75, 3.05) is 37.4 Å². The Bertz CT molecular complexity index is 1320. The SMILES string of the molecule is CN(C)c1ccc(NC(=O)C2(N(Cc3ccccc3)C(=O)CN3CC(c4ccccc4)NC3=S)CCCC2)cc1. The summed E-state index contributed by atoms with van der Waals surface area (Å²) in [6.07, 6.45) is 3.04. The molecule has 7 nitrogen and oxygen atoms in total. The quantitative estimate of drug-likeness (QED) is 0.364. The molecular weight excluding hydrogens is 518 g/mol. The first-order valence-electron chi connectivity index (χ1n) is 13.9. The predicted molar refractivity (Wildman–Crippen MR) is 164 cm³/mol. The summed E-state index contributed by atoms with van der Waals surface area (Å²) in [6.45, 7) is 1.09. The number of nitrogens with zero attached hydrogens (tertiary/aromatic N) is 3. The fourth-order valence-electron chi connectivity index (χ4n) is 5.76. The van der Waals surface area contributed by atoms with Crippen LogP contribution in [0.2, 0.25) is 0 Å². The molecule has 0 bridgehead atoms. The van der Waals surface area contributed by atoms with Crippen LogP contribution < -0.4 is 15.5 Å². The molecule has 5 rings (SSSR count). The maximum absolute atomic E-state index is 14.2. The van der Waals surface area contributed by atoms with Gasteiger partial charge in [-0.05, 0) is 60.5 Å². The Morgan fingerprint density at radius 2 is 1.57 bits per heavy atom. The number of thiocarbonyl (C=S) groups is 1. The predicted octanol–water partition coefficient (Wildman–Crippen LogP) is 4.96. The van der Waals surface area contributed by atoms with Crippen molar-refractivity contribution in [3.05, 3.63) is 96.1 Å². The molecule has 1 heterocycles. The highest BCUT2D eigenvalue weighted by Gasteiger charge is 2.48. The third kappa shape index (κ3) is 5.97. The summed E-state index contributed by atoms with van der Waals surface area (Å²) in [5, 5.41) is 7.07.